The molecule has 0 aliphatic heterocycles. The number of primary amides is 1. The summed E-state index contributed by atoms with van der Waals surface area (Å²) in [7, 11) is -0.921. The number of sulfone groups is 1. The number of benzene rings is 6. The molecule has 70 heavy (non-hydrogen) atoms. The summed E-state index contributed by atoms with van der Waals surface area (Å²) in [6.45, 7) is 6.43. The number of aromatic nitrogens is 2. The first-order chi connectivity index (χ1) is 33.5. The van der Waals surface area contributed by atoms with Gasteiger partial charge in [0.1, 0.15) is 18.1 Å². The van der Waals surface area contributed by atoms with Crippen LogP contribution in [0, 0.1) is 6.92 Å². The average molecular weight is 959 g/mol. The molecule has 8 rings (SSSR count). The summed E-state index contributed by atoms with van der Waals surface area (Å²) in [5.41, 5.74) is 11.1. The van der Waals surface area contributed by atoms with Crippen molar-refractivity contribution in [3.05, 3.63) is 195 Å². The number of aliphatic hydroxyl groups is 1. The van der Waals surface area contributed by atoms with Gasteiger partial charge in [-0.2, -0.15) is 0 Å². The number of hydrogen-bond acceptors (Lipinski definition) is 11. The van der Waals surface area contributed by atoms with Crippen molar-refractivity contribution in [2.75, 3.05) is 26.0 Å². The number of β-amino-alcohol motifs (C(OH)–C–C–N with tert-alkyl or cyclic N) is 1. The van der Waals surface area contributed by atoms with Gasteiger partial charge in [0, 0.05) is 66.0 Å². The van der Waals surface area contributed by atoms with Crippen molar-refractivity contribution in [2.45, 2.75) is 61.8 Å². The number of carbonyl (C=O) groups is 2. The molecule has 6 N–H and O–H groups in total. The van der Waals surface area contributed by atoms with Crippen LogP contribution in [0.2, 0.25) is 0 Å². The second-order valence-electron chi connectivity index (χ2n) is 17.9. The summed E-state index contributed by atoms with van der Waals surface area (Å²) in [6.07, 6.45) is 0.978. The summed E-state index contributed by atoms with van der Waals surface area (Å²) >= 11 is 0. The van der Waals surface area contributed by atoms with Crippen LogP contribution in [0.5, 0.6) is 11.5 Å². The van der Waals surface area contributed by atoms with Crippen LogP contribution in [-0.4, -0.2) is 66.4 Å². The van der Waals surface area contributed by atoms with E-state index in [1.165, 1.54) is 29.3 Å². The predicted molar refractivity (Wildman–Crippen MR) is 271 cm³/mol. The van der Waals surface area contributed by atoms with E-state index in [-0.39, 0.29) is 39.9 Å². The smallest absolute Gasteiger partial charge is 0.253 e. The fraction of sp³-hybridized carbons (Fsp3) is 0.200. The summed E-state index contributed by atoms with van der Waals surface area (Å²) in [4.78, 5) is 47.8. The second kappa shape index (κ2) is 20.4. The van der Waals surface area contributed by atoms with Crippen LogP contribution in [0.15, 0.2) is 160 Å². The first-order valence-electron chi connectivity index (χ1n) is 22.6. The van der Waals surface area contributed by atoms with Crippen molar-refractivity contribution >= 4 is 54.8 Å². The van der Waals surface area contributed by atoms with E-state index in [2.05, 4.69) is 20.6 Å². The van der Waals surface area contributed by atoms with E-state index >= 15 is 0 Å². The Morgan fingerprint density at radius 3 is 2.36 bits per heavy atom. The fourth-order valence-electron chi connectivity index (χ4n) is 8.55. The van der Waals surface area contributed by atoms with Crippen LogP contribution >= 0.6 is 0 Å². The number of H-pyrrole nitrogens is 1. The van der Waals surface area contributed by atoms with Crippen LogP contribution < -0.4 is 31.4 Å². The van der Waals surface area contributed by atoms with Crippen molar-refractivity contribution in [3.63, 3.8) is 0 Å². The minimum absolute atomic E-state index is 0.00935. The third-order valence-corrected chi connectivity index (χ3v) is 13.8. The van der Waals surface area contributed by atoms with Crippen molar-refractivity contribution in [1.29, 1.82) is 0 Å². The number of pyridine rings is 2. The Hall–Kier alpha value is -7.85. The van der Waals surface area contributed by atoms with Gasteiger partial charge in [-0.15, -0.1) is 0 Å². The Morgan fingerprint density at radius 2 is 1.59 bits per heavy atom. The monoisotopic (exact) mass is 958 g/mol. The Balaban J connectivity index is 0.944. The van der Waals surface area contributed by atoms with E-state index in [1.54, 1.807) is 87.8 Å². The van der Waals surface area contributed by atoms with Gasteiger partial charge in [0.2, 0.25) is 15.4 Å². The van der Waals surface area contributed by atoms with Gasteiger partial charge in [0.25, 0.3) is 11.8 Å². The molecule has 0 spiro atoms. The predicted octanol–water partition coefficient (Wildman–Crippen LogP) is 8.56. The molecular weight excluding hydrogens is 905 g/mol. The van der Waals surface area contributed by atoms with Gasteiger partial charge >= 0.3 is 0 Å². The lowest BCUT2D eigenvalue weighted by molar-refractivity contribution is 0.0784. The molecule has 15 heteroatoms. The number of nitrogens with one attached hydrogen (secondary N) is 3. The van der Waals surface area contributed by atoms with Gasteiger partial charge in [0.05, 0.1) is 45.3 Å². The van der Waals surface area contributed by atoms with Crippen LogP contribution in [-0.2, 0) is 29.4 Å². The standard InChI is InChI=1S/C55H54N6O8S/c1-34-24-42(28-45-50(34)57-30-46(53(56)64)51(45)59-39-17-11-18-40(27-39)68-5)70(66,67)41-19-10-15-37(26-41)32-61(4)54(65)38-16-9-14-36(25-38)29-55(2,3)58-31-47(62)43-20-22-48(52-44(43)21-23-49(63)60-52)69-33-35-12-7-6-8-13-35/h6-28,30,47,58,62H,29,31-33H2,1-5H3,(H2,56,64)(H,57,59)(H,60,63). The highest BCUT2D eigenvalue weighted by atomic mass is 32.2. The molecule has 6 aromatic carbocycles. The van der Waals surface area contributed by atoms with Gasteiger partial charge in [0.15, 0.2) is 0 Å². The van der Waals surface area contributed by atoms with Crippen LogP contribution in [0.1, 0.15) is 68.5 Å². The lowest BCUT2D eigenvalue weighted by Crippen LogP contribution is -2.43. The topological polar surface area (TPSA) is 206 Å². The molecule has 2 heterocycles. The van der Waals surface area contributed by atoms with Gasteiger partial charge in [-0.3, -0.25) is 19.4 Å². The lowest BCUT2D eigenvalue weighted by atomic mass is 9.93. The number of aromatic amines is 1. The molecule has 0 bridgehead atoms. The maximum atomic E-state index is 14.4. The zero-order valence-corrected chi connectivity index (χ0v) is 40.3. The van der Waals surface area contributed by atoms with E-state index in [0.717, 1.165) is 11.1 Å². The van der Waals surface area contributed by atoms with Crippen molar-refractivity contribution in [3.8, 4) is 11.5 Å². The van der Waals surface area contributed by atoms with E-state index in [0.29, 0.717) is 80.0 Å². The molecule has 358 valence electrons. The Morgan fingerprint density at radius 1 is 0.843 bits per heavy atom. The quantitative estimate of drug-likeness (QED) is 0.0551. The van der Waals surface area contributed by atoms with E-state index in [9.17, 15) is 27.9 Å². The second-order valence-corrected chi connectivity index (χ2v) is 19.9. The molecule has 0 aliphatic rings. The molecule has 0 radical (unpaired) electrons. The van der Waals surface area contributed by atoms with Crippen LogP contribution in [0.4, 0.5) is 11.4 Å². The molecule has 1 atom stereocenters. The zero-order chi connectivity index (χ0) is 49.7. The van der Waals surface area contributed by atoms with Gasteiger partial charge in [-0.05, 0) is 116 Å². The number of rotatable bonds is 18. The first-order valence-corrected chi connectivity index (χ1v) is 24.1. The molecule has 14 nitrogen and oxygen atoms in total. The van der Waals surface area contributed by atoms with Crippen LogP contribution in [0.25, 0.3) is 21.8 Å². The highest BCUT2D eigenvalue weighted by Crippen LogP contribution is 2.36. The Labute approximate surface area is 406 Å². The van der Waals surface area contributed by atoms with Crippen molar-refractivity contribution in [2.24, 2.45) is 5.73 Å². The zero-order valence-electron chi connectivity index (χ0n) is 39.4. The minimum Gasteiger partial charge on any atom is -0.497 e. The van der Waals surface area contributed by atoms with E-state index in [1.807, 2.05) is 68.4 Å². The number of carbonyl (C=O) groups excluding carboxylic acids is 2. The first kappa shape index (κ1) is 48.6. The normalized spacial score (nSPS) is 12.1. The summed E-state index contributed by atoms with van der Waals surface area (Å²) in [6, 6.07) is 40.4. The number of aliphatic hydroxyl groups excluding tert-OH is 1. The van der Waals surface area contributed by atoms with Gasteiger partial charge in [-0.25, -0.2) is 8.42 Å². The van der Waals surface area contributed by atoms with E-state index in [4.69, 9.17) is 15.2 Å². The average Bonchev–Trinajstić information content (AvgIpc) is 3.35. The van der Waals surface area contributed by atoms with Crippen molar-refractivity contribution < 1.29 is 32.6 Å². The number of amides is 2. The third-order valence-electron chi connectivity index (χ3n) is 12.1. The van der Waals surface area contributed by atoms with Gasteiger partial charge in [-0.1, -0.05) is 66.7 Å². The van der Waals surface area contributed by atoms with E-state index < -0.39 is 27.4 Å². The highest BCUT2D eigenvalue weighted by molar-refractivity contribution is 7.91. The van der Waals surface area contributed by atoms with Gasteiger partial charge < -0.3 is 40.8 Å². The molecular formula is C55H54N6O8S. The fourth-order valence-corrected chi connectivity index (χ4v) is 9.99. The summed E-state index contributed by atoms with van der Waals surface area (Å²) < 4.78 is 40.2. The number of aryl methyl sites for hydroxylation is 1. The number of fused-ring (bicyclic) bond motifs is 2. The molecule has 1 unspecified atom stereocenters. The lowest BCUT2D eigenvalue weighted by Gasteiger charge is -2.29. The number of hydrogen-bond donors (Lipinski definition) is 5. The molecule has 2 aromatic heterocycles. The third kappa shape index (κ3) is 10.9. The molecule has 2 amide bonds. The Bertz CT molecular complexity index is 3430. The molecule has 0 saturated heterocycles. The maximum Gasteiger partial charge on any atom is 0.253 e. The molecule has 0 fully saturated rings. The Kier molecular flexibility index (Phi) is 14.2. The molecule has 0 aliphatic carbocycles. The number of anilines is 2. The number of methoxy groups -OCH3 is 1. The van der Waals surface area contributed by atoms with Crippen LogP contribution in [0.3, 0.4) is 0 Å². The SMILES string of the molecule is COc1cccc(Nc2c(C(N)=O)cnc3c(C)cc(S(=O)(=O)c4cccc(CN(C)C(=O)c5cccc(CC(C)(C)NCC(O)c6ccc(OCc7ccccc7)c7[nH]c(=O)ccc67)c5)c4)cc23)c1. The number of nitrogens with zero attached hydrogens (tertiary/aromatic N) is 2. The maximum absolute atomic E-state index is 14.4. The number of nitrogens with two attached hydrogens (primary N) is 1. The summed E-state index contributed by atoms with van der Waals surface area (Å²) in [5, 5.41) is 19.3. The highest BCUT2D eigenvalue weighted by Gasteiger charge is 2.25. The summed E-state index contributed by atoms with van der Waals surface area (Å²) in [5.74, 6) is 0.0880. The van der Waals surface area contributed by atoms with Crippen molar-refractivity contribution in [1.82, 2.24) is 20.2 Å². The minimum atomic E-state index is -4.13. The molecule has 8 aromatic rings. The number of ether oxygens (including phenoxy) is 2. The largest absolute Gasteiger partial charge is 0.497 e. The molecule has 0 saturated carbocycles.